The van der Waals surface area contributed by atoms with Gasteiger partial charge in [0.15, 0.2) is 6.04 Å². The van der Waals surface area contributed by atoms with Crippen molar-refractivity contribution in [1.82, 2.24) is 0 Å². The third-order valence-corrected chi connectivity index (χ3v) is 5.14. The summed E-state index contributed by atoms with van der Waals surface area (Å²) in [4.78, 5) is 15.2. The van der Waals surface area contributed by atoms with Gasteiger partial charge < -0.3 is 15.1 Å². The predicted octanol–water partition coefficient (Wildman–Crippen LogP) is 2.72. The first-order chi connectivity index (χ1) is 13.6. The molecule has 0 aliphatic carbocycles. The molecule has 9 heteroatoms. The number of benzene rings is 2. The molecule has 1 atom stereocenters. The van der Waals surface area contributed by atoms with Crippen LogP contribution in [-0.4, -0.2) is 38.1 Å². The Morgan fingerprint density at radius 1 is 1.10 bits per heavy atom. The molecular weight excluding hydrogens is 393 g/mol. The Morgan fingerprint density at radius 3 is 2.45 bits per heavy atom. The number of quaternary nitrogens is 1. The Morgan fingerprint density at radius 2 is 1.79 bits per heavy atom. The highest BCUT2D eigenvalue weighted by atomic mass is 19.4. The fourth-order valence-corrected chi connectivity index (χ4v) is 3.38. The number of hydrogen-bond acceptors (Lipinski definition) is 2. The van der Waals surface area contributed by atoms with Crippen molar-refractivity contribution < 1.29 is 31.6 Å². The van der Waals surface area contributed by atoms with Crippen molar-refractivity contribution in [3.05, 3.63) is 59.7 Å². The number of hydrogen-bond donors (Lipinski definition) is 2. The molecule has 29 heavy (non-hydrogen) atoms. The van der Waals surface area contributed by atoms with Gasteiger partial charge in [-0.1, -0.05) is 6.07 Å². The summed E-state index contributed by atoms with van der Waals surface area (Å²) < 4.78 is 65.7. The van der Waals surface area contributed by atoms with Gasteiger partial charge in [-0.3, -0.25) is 4.79 Å². The van der Waals surface area contributed by atoms with Crippen LogP contribution in [0.15, 0.2) is 42.5 Å². The lowest BCUT2D eigenvalue weighted by Gasteiger charge is -2.36. The summed E-state index contributed by atoms with van der Waals surface area (Å²) in [6, 6.07) is 7.45. The van der Waals surface area contributed by atoms with Gasteiger partial charge in [-0.25, -0.2) is 8.78 Å². The maximum Gasteiger partial charge on any atom is 0.416 e. The first-order valence-electron chi connectivity index (χ1n) is 9.18. The van der Waals surface area contributed by atoms with E-state index in [1.54, 1.807) is 13.0 Å². The number of halogens is 5. The van der Waals surface area contributed by atoms with Gasteiger partial charge >= 0.3 is 6.18 Å². The van der Waals surface area contributed by atoms with Crippen molar-refractivity contribution >= 4 is 17.3 Å². The molecule has 1 heterocycles. The normalized spacial score (nSPS) is 16.6. The summed E-state index contributed by atoms with van der Waals surface area (Å²) in [5.41, 5.74) is -0.434. The molecule has 156 valence electrons. The molecule has 1 aliphatic rings. The van der Waals surface area contributed by atoms with Crippen molar-refractivity contribution in [3.63, 3.8) is 0 Å². The Labute approximate surface area is 164 Å². The molecule has 3 rings (SSSR count). The van der Waals surface area contributed by atoms with Gasteiger partial charge in [-0.15, -0.1) is 0 Å². The van der Waals surface area contributed by atoms with Gasteiger partial charge in [0.1, 0.15) is 11.6 Å². The number of alkyl halides is 3. The number of carbonyl (C=O) groups excluding carboxylic acids is 1. The van der Waals surface area contributed by atoms with E-state index in [0.717, 1.165) is 35.2 Å². The minimum Gasteiger partial charge on any atom is -0.360 e. The standard InChI is InChI=1S/C20H20F5N3O/c1-13(19(29)26-18-12-15(21)5-6-17(18)22)27-7-9-28(10-8-27)16-4-2-3-14(11-16)20(23,24)25/h2-6,11-13H,7-10H2,1H3,(H,26,29)/p+1/t13-/m0/s1. The second kappa shape index (κ2) is 8.36. The summed E-state index contributed by atoms with van der Waals surface area (Å²) in [5, 5.41) is 2.40. The molecule has 0 aromatic heterocycles. The molecule has 2 aromatic carbocycles. The summed E-state index contributed by atoms with van der Waals surface area (Å²) in [7, 11) is 0. The number of nitrogens with one attached hydrogen (secondary N) is 2. The predicted molar refractivity (Wildman–Crippen MR) is 98.8 cm³/mol. The van der Waals surface area contributed by atoms with Crippen LogP contribution >= 0.6 is 0 Å². The molecule has 0 saturated carbocycles. The van der Waals surface area contributed by atoms with Gasteiger partial charge in [0.05, 0.1) is 37.4 Å². The summed E-state index contributed by atoms with van der Waals surface area (Å²) in [6.07, 6.45) is -4.40. The Balaban J connectivity index is 1.60. The van der Waals surface area contributed by atoms with E-state index in [4.69, 9.17) is 0 Å². The summed E-state index contributed by atoms with van der Waals surface area (Å²) in [5.74, 6) is -1.83. The number of nitrogens with zero attached hydrogens (tertiary/aromatic N) is 1. The quantitative estimate of drug-likeness (QED) is 0.755. The monoisotopic (exact) mass is 414 g/mol. The first kappa shape index (κ1) is 21.0. The number of piperazine rings is 1. The van der Waals surface area contributed by atoms with Crippen molar-refractivity contribution in [3.8, 4) is 0 Å². The van der Waals surface area contributed by atoms with Gasteiger partial charge in [0, 0.05) is 11.8 Å². The van der Waals surface area contributed by atoms with E-state index in [0.29, 0.717) is 31.9 Å². The zero-order valence-electron chi connectivity index (χ0n) is 15.7. The van der Waals surface area contributed by atoms with E-state index in [1.807, 2.05) is 4.90 Å². The average molecular weight is 414 g/mol. The topological polar surface area (TPSA) is 36.8 Å². The molecular formula is C20H21F5N3O+. The van der Waals surface area contributed by atoms with E-state index in [1.165, 1.54) is 6.07 Å². The van der Waals surface area contributed by atoms with Crippen LogP contribution in [0.25, 0.3) is 0 Å². The van der Waals surface area contributed by atoms with E-state index in [9.17, 15) is 26.7 Å². The second-order valence-electron chi connectivity index (χ2n) is 7.03. The maximum absolute atomic E-state index is 13.7. The Bertz CT molecular complexity index is 879. The fraction of sp³-hybridized carbons (Fsp3) is 0.350. The smallest absolute Gasteiger partial charge is 0.360 e. The van der Waals surface area contributed by atoms with Crippen LogP contribution in [0.4, 0.5) is 33.3 Å². The number of anilines is 2. The third kappa shape index (κ3) is 5.03. The largest absolute Gasteiger partial charge is 0.416 e. The molecule has 2 aromatic rings. The minimum atomic E-state index is -4.40. The summed E-state index contributed by atoms with van der Waals surface area (Å²) in [6.45, 7) is 3.68. The highest BCUT2D eigenvalue weighted by Crippen LogP contribution is 2.31. The Kier molecular flexibility index (Phi) is 6.07. The Hall–Kier alpha value is -2.68. The van der Waals surface area contributed by atoms with Crippen LogP contribution < -0.4 is 15.1 Å². The van der Waals surface area contributed by atoms with Crippen LogP contribution in [-0.2, 0) is 11.0 Å². The molecule has 1 aliphatic heterocycles. The number of carbonyl (C=O) groups is 1. The van der Waals surface area contributed by atoms with E-state index >= 15 is 0 Å². The molecule has 0 unspecified atom stereocenters. The van der Waals surface area contributed by atoms with Crippen LogP contribution in [0, 0.1) is 11.6 Å². The van der Waals surface area contributed by atoms with Crippen LogP contribution in [0.5, 0.6) is 0 Å². The van der Waals surface area contributed by atoms with E-state index < -0.39 is 35.3 Å². The van der Waals surface area contributed by atoms with Crippen molar-refractivity contribution in [2.75, 3.05) is 36.4 Å². The molecule has 2 N–H and O–H groups in total. The molecule has 0 bridgehead atoms. The summed E-state index contributed by atoms with van der Waals surface area (Å²) >= 11 is 0. The SMILES string of the molecule is C[C@@H](C(=O)Nc1cc(F)ccc1F)[NH+]1CCN(c2cccc(C(F)(F)F)c2)CC1. The average Bonchev–Trinajstić information content (AvgIpc) is 2.69. The van der Waals surface area contributed by atoms with Crippen LogP contribution in [0.2, 0.25) is 0 Å². The van der Waals surface area contributed by atoms with Gasteiger partial charge in [-0.2, -0.15) is 13.2 Å². The first-order valence-corrected chi connectivity index (χ1v) is 9.18. The zero-order valence-corrected chi connectivity index (χ0v) is 15.7. The molecule has 0 radical (unpaired) electrons. The molecule has 0 spiro atoms. The zero-order chi connectivity index (χ0) is 21.2. The van der Waals surface area contributed by atoms with Gasteiger partial charge in [0.25, 0.3) is 5.91 Å². The minimum absolute atomic E-state index is 0.219. The van der Waals surface area contributed by atoms with E-state index in [-0.39, 0.29) is 5.69 Å². The van der Waals surface area contributed by atoms with Gasteiger partial charge in [0.2, 0.25) is 0 Å². The number of rotatable bonds is 4. The third-order valence-electron chi connectivity index (χ3n) is 5.14. The van der Waals surface area contributed by atoms with Crippen molar-refractivity contribution in [2.24, 2.45) is 0 Å². The molecule has 1 amide bonds. The van der Waals surface area contributed by atoms with Crippen LogP contribution in [0.3, 0.4) is 0 Å². The van der Waals surface area contributed by atoms with Gasteiger partial charge in [-0.05, 0) is 37.3 Å². The lowest BCUT2D eigenvalue weighted by atomic mass is 10.1. The lowest BCUT2D eigenvalue weighted by Crippen LogP contribution is -3.19. The van der Waals surface area contributed by atoms with Crippen molar-refractivity contribution in [2.45, 2.75) is 19.1 Å². The fourth-order valence-electron chi connectivity index (χ4n) is 3.38. The molecule has 1 saturated heterocycles. The maximum atomic E-state index is 13.7. The highest BCUT2D eigenvalue weighted by Gasteiger charge is 2.33. The van der Waals surface area contributed by atoms with E-state index in [2.05, 4.69) is 5.32 Å². The van der Waals surface area contributed by atoms with Crippen LogP contribution in [0.1, 0.15) is 12.5 Å². The highest BCUT2D eigenvalue weighted by molar-refractivity contribution is 5.93. The lowest BCUT2D eigenvalue weighted by molar-refractivity contribution is -0.914. The van der Waals surface area contributed by atoms with Crippen molar-refractivity contribution in [1.29, 1.82) is 0 Å². The second-order valence-corrected chi connectivity index (χ2v) is 7.03. The molecule has 1 fully saturated rings. The number of amides is 1. The molecule has 4 nitrogen and oxygen atoms in total.